The minimum Gasteiger partial charge on any atom is -0.481 e. The Morgan fingerprint density at radius 1 is 1.31 bits per heavy atom. The lowest BCUT2D eigenvalue weighted by molar-refractivity contribution is -0.137. The highest BCUT2D eigenvalue weighted by Crippen LogP contribution is 2.42. The fourth-order valence-electron chi connectivity index (χ4n) is 4.27. The van der Waals surface area contributed by atoms with Crippen LogP contribution in [-0.2, 0) is 4.79 Å². The molecular formula is C24H30O4S. The first kappa shape index (κ1) is 21.8. The molecule has 0 amide bonds. The van der Waals surface area contributed by atoms with Crippen LogP contribution in [-0.4, -0.2) is 27.4 Å². The molecule has 0 spiro atoms. The Balaban J connectivity index is 1.53. The summed E-state index contributed by atoms with van der Waals surface area (Å²) in [6.45, 7) is 4.16. The summed E-state index contributed by atoms with van der Waals surface area (Å²) < 4.78 is 1.18. The number of carboxylic acids is 1. The van der Waals surface area contributed by atoms with Crippen LogP contribution < -0.4 is 0 Å². The molecule has 0 unspecified atom stereocenters. The van der Waals surface area contributed by atoms with Gasteiger partial charge in [0.25, 0.3) is 0 Å². The van der Waals surface area contributed by atoms with Crippen molar-refractivity contribution in [1.29, 1.82) is 0 Å². The van der Waals surface area contributed by atoms with Gasteiger partial charge in [0.05, 0.1) is 12.2 Å². The Labute approximate surface area is 176 Å². The molecule has 1 aliphatic rings. The van der Waals surface area contributed by atoms with E-state index in [0.717, 1.165) is 35.1 Å². The molecule has 156 valence electrons. The molecule has 1 aliphatic carbocycles. The van der Waals surface area contributed by atoms with Crippen molar-refractivity contribution < 1.29 is 20.1 Å². The van der Waals surface area contributed by atoms with Crippen molar-refractivity contribution in [1.82, 2.24) is 0 Å². The normalized spacial score (nSPS) is 23.2. The predicted molar refractivity (Wildman–Crippen MR) is 118 cm³/mol. The summed E-state index contributed by atoms with van der Waals surface area (Å²) in [5, 5.41) is 31.0. The van der Waals surface area contributed by atoms with Crippen LogP contribution in [0.4, 0.5) is 0 Å². The van der Waals surface area contributed by atoms with Crippen molar-refractivity contribution in [2.45, 2.75) is 57.2 Å². The van der Waals surface area contributed by atoms with Crippen molar-refractivity contribution in [3.63, 3.8) is 0 Å². The van der Waals surface area contributed by atoms with Crippen LogP contribution in [0.5, 0.6) is 0 Å². The first-order valence-corrected chi connectivity index (χ1v) is 11.2. The zero-order valence-electron chi connectivity index (χ0n) is 16.7. The number of hydrogen-bond donors (Lipinski definition) is 3. The maximum atomic E-state index is 10.7. The summed E-state index contributed by atoms with van der Waals surface area (Å²) in [7, 11) is 0. The van der Waals surface area contributed by atoms with Gasteiger partial charge in [0.1, 0.15) is 0 Å². The minimum atomic E-state index is -0.761. The number of rotatable bonds is 10. The van der Waals surface area contributed by atoms with Crippen LogP contribution in [0.3, 0.4) is 0 Å². The lowest BCUT2D eigenvalue weighted by atomic mass is 9.85. The molecule has 0 bridgehead atoms. The molecule has 1 saturated carbocycles. The van der Waals surface area contributed by atoms with E-state index in [0.29, 0.717) is 19.3 Å². The topological polar surface area (TPSA) is 77.8 Å². The molecule has 5 heteroatoms. The molecule has 2 aromatic rings. The Morgan fingerprint density at radius 3 is 2.86 bits per heavy atom. The van der Waals surface area contributed by atoms with E-state index < -0.39 is 18.2 Å². The number of unbranched alkanes of at least 4 members (excludes halogenated alkanes) is 1. The molecule has 1 aromatic carbocycles. The molecule has 4 atom stereocenters. The molecule has 1 aromatic heterocycles. The second-order valence-corrected chi connectivity index (χ2v) is 9.09. The molecule has 4 nitrogen and oxygen atoms in total. The van der Waals surface area contributed by atoms with E-state index in [2.05, 4.69) is 30.9 Å². The van der Waals surface area contributed by atoms with Crippen LogP contribution in [0.1, 0.15) is 55.9 Å². The second-order valence-electron chi connectivity index (χ2n) is 7.97. The Hall–Kier alpha value is -1.95. The lowest BCUT2D eigenvalue weighted by Gasteiger charge is -2.22. The number of benzene rings is 1. The number of fused-ring (bicyclic) bond motifs is 1. The smallest absolute Gasteiger partial charge is 0.303 e. The summed E-state index contributed by atoms with van der Waals surface area (Å²) in [5.74, 6) is -0.437. The first-order chi connectivity index (χ1) is 14.0. The van der Waals surface area contributed by atoms with Crippen LogP contribution in [0, 0.1) is 11.8 Å². The van der Waals surface area contributed by atoms with E-state index in [-0.39, 0.29) is 18.3 Å². The number of allylic oxidation sites excluding steroid dienone is 2. The molecule has 0 aliphatic heterocycles. The van der Waals surface area contributed by atoms with Crippen molar-refractivity contribution in [2.75, 3.05) is 0 Å². The van der Waals surface area contributed by atoms with Crippen LogP contribution >= 0.6 is 11.3 Å². The highest BCUT2D eigenvalue weighted by molar-refractivity contribution is 7.19. The third kappa shape index (κ3) is 5.78. The van der Waals surface area contributed by atoms with Gasteiger partial charge in [-0.25, -0.2) is 0 Å². The number of hydrogen-bond acceptors (Lipinski definition) is 4. The van der Waals surface area contributed by atoms with Gasteiger partial charge < -0.3 is 15.3 Å². The van der Waals surface area contributed by atoms with E-state index in [9.17, 15) is 15.0 Å². The summed E-state index contributed by atoms with van der Waals surface area (Å²) in [5.41, 5.74) is 1.08. The van der Waals surface area contributed by atoms with Gasteiger partial charge in [-0.1, -0.05) is 42.5 Å². The quantitative estimate of drug-likeness (QED) is 0.356. The van der Waals surface area contributed by atoms with E-state index in [1.54, 1.807) is 11.3 Å². The summed E-state index contributed by atoms with van der Waals surface area (Å²) >= 11 is 1.63. The Kier molecular flexibility index (Phi) is 7.64. The molecule has 0 radical (unpaired) electrons. The second kappa shape index (κ2) is 10.2. The SMILES string of the molecule is C=C1C[C@@H](O)[C@H](CC[C@@H](O)c2cc3ccccc3s2)[C@H]1CC=CCCCC(=O)O. The molecule has 0 saturated heterocycles. The van der Waals surface area contributed by atoms with Gasteiger partial charge in [-0.2, -0.15) is 0 Å². The summed E-state index contributed by atoms with van der Waals surface area (Å²) in [6.07, 6.45) is 7.62. The fourth-order valence-corrected chi connectivity index (χ4v) is 5.35. The Morgan fingerprint density at radius 2 is 2.10 bits per heavy atom. The predicted octanol–water partition coefficient (Wildman–Crippen LogP) is 5.47. The minimum absolute atomic E-state index is 0.107. The average Bonchev–Trinajstić information content (AvgIpc) is 3.23. The zero-order valence-corrected chi connectivity index (χ0v) is 17.5. The largest absolute Gasteiger partial charge is 0.481 e. The monoisotopic (exact) mass is 414 g/mol. The fraction of sp³-hybridized carbons (Fsp3) is 0.458. The van der Waals surface area contributed by atoms with Gasteiger partial charge in [-0.3, -0.25) is 4.79 Å². The molecule has 3 rings (SSSR count). The number of aliphatic hydroxyl groups is 2. The van der Waals surface area contributed by atoms with Gasteiger partial charge in [-0.15, -0.1) is 11.3 Å². The first-order valence-electron chi connectivity index (χ1n) is 10.3. The van der Waals surface area contributed by atoms with Crippen LogP contribution in [0.25, 0.3) is 10.1 Å². The summed E-state index contributed by atoms with van der Waals surface area (Å²) in [4.78, 5) is 11.5. The third-order valence-corrected chi connectivity index (χ3v) is 7.09. The number of carbonyl (C=O) groups is 1. The molecule has 3 N–H and O–H groups in total. The van der Waals surface area contributed by atoms with Crippen LogP contribution in [0.15, 0.2) is 54.6 Å². The maximum Gasteiger partial charge on any atom is 0.303 e. The maximum absolute atomic E-state index is 10.7. The van der Waals surface area contributed by atoms with Gasteiger partial charge in [-0.05, 0) is 67.9 Å². The van der Waals surface area contributed by atoms with Crippen molar-refractivity contribution in [3.05, 3.63) is 59.5 Å². The van der Waals surface area contributed by atoms with E-state index in [4.69, 9.17) is 5.11 Å². The average molecular weight is 415 g/mol. The standard InChI is InChI=1S/C24H30O4S/c1-16-14-21(26)19(18(16)9-4-2-3-5-11-24(27)28)12-13-20(25)23-15-17-8-6-7-10-22(17)29-23/h2,4,6-8,10,15,18-21,25-26H,1,3,5,9,11-14H2,(H,27,28)/t18-,19+,20+,21+/m0/s1. The Bertz CT molecular complexity index is 836. The van der Waals surface area contributed by atoms with Gasteiger partial charge in [0, 0.05) is 16.0 Å². The van der Waals surface area contributed by atoms with Gasteiger partial charge in [0.2, 0.25) is 0 Å². The molecular weight excluding hydrogens is 384 g/mol. The molecule has 29 heavy (non-hydrogen) atoms. The number of aliphatic hydroxyl groups excluding tert-OH is 2. The van der Waals surface area contributed by atoms with Crippen molar-refractivity contribution in [3.8, 4) is 0 Å². The lowest BCUT2D eigenvalue weighted by Crippen LogP contribution is -2.20. The molecule has 1 fully saturated rings. The summed E-state index contributed by atoms with van der Waals surface area (Å²) in [6, 6.07) is 10.2. The third-order valence-electron chi connectivity index (χ3n) is 5.87. The van der Waals surface area contributed by atoms with Gasteiger partial charge in [0.15, 0.2) is 0 Å². The number of thiophene rings is 1. The van der Waals surface area contributed by atoms with Gasteiger partial charge >= 0.3 is 5.97 Å². The molecule has 1 heterocycles. The highest BCUT2D eigenvalue weighted by Gasteiger charge is 2.36. The van der Waals surface area contributed by atoms with Crippen molar-refractivity contribution in [2.24, 2.45) is 11.8 Å². The van der Waals surface area contributed by atoms with E-state index in [1.807, 2.05) is 18.2 Å². The number of carboxylic acid groups (broad SMARTS) is 1. The highest BCUT2D eigenvalue weighted by atomic mass is 32.1. The number of aliphatic carboxylic acids is 1. The van der Waals surface area contributed by atoms with Crippen LogP contribution in [0.2, 0.25) is 0 Å². The van der Waals surface area contributed by atoms with Crippen molar-refractivity contribution >= 4 is 27.4 Å². The zero-order chi connectivity index (χ0) is 20.8. The van der Waals surface area contributed by atoms with E-state index in [1.165, 1.54) is 4.70 Å². The van der Waals surface area contributed by atoms with E-state index >= 15 is 0 Å².